The minimum Gasteiger partial charge on any atom is -0.326 e. The van der Waals surface area contributed by atoms with Gasteiger partial charge in [0.2, 0.25) is 11.8 Å². The highest BCUT2D eigenvalue weighted by atomic mass is 28.3. The molecule has 2 atom stereocenters. The molecule has 360 valence electrons. The van der Waals surface area contributed by atoms with Gasteiger partial charge in [-0.25, -0.2) is 0 Å². The topological polar surface area (TPSA) is 92.3 Å². The molecule has 2 unspecified atom stereocenters. The largest absolute Gasteiger partial charge is 0.326 e. The Morgan fingerprint density at radius 3 is 1.18 bits per heavy atom. The van der Waals surface area contributed by atoms with Crippen LogP contribution in [-0.2, 0) is 24.6 Å². The van der Waals surface area contributed by atoms with Crippen molar-refractivity contribution in [3.05, 3.63) is 156 Å². The summed E-state index contributed by atoms with van der Waals surface area (Å²) in [6.45, 7) is 17.2. The lowest BCUT2D eigenvalue weighted by atomic mass is 9.70. The monoisotopic (exact) mass is 970 g/mol. The molecule has 2 N–H and O–H groups in total. The Hall–Kier alpha value is -6.49. The van der Waals surface area contributed by atoms with Gasteiger partial charge in [0.05, 0.1) is 5.41 Å². The minimum atomic E-state index is -1.27. The van der Waals surface area contributed by atoms with Gasteiger partial charge in [-0.2, -0.15) is 0 Å². The number of carbonyl (C=O) groups is 4. The van der Waals surface area contributed by atoms with E-state index in [4.69, 9.17) is 0 Å². The summed E-state index contributed by atoms with van der Waals surface area (Å²) >= 11 is 0. The molecule has 10 rings (SSSR count). The number of hydrogen-bond acceptors (Lipinski definition) is 4. The van der Waals surface area contributed by atoms with Crippen LogP contribution in [0.4, 0.5) is 11.4 Å². The first-order valence-electron chi connectivity index (χ1n) is 25.7. The molecule has 0 saturated heterocycles. The van der Waals surface area contributed by atoms with E-state index in [1.807, 2.05) is 12.1 Å². The molecule has 0 saturated carbocycles. The maximum absolute atomic E-state index is 13.8. The van der Waals surface area contributed by atoms with Crippen LogP contribution in [0.1, 0.15) is 74.6 Å². The molecule has 0 heterocycles. The van der Waals surface area contributed by atoms with Gasteiger partial charge in [-0.15, -0.1) is 0 Å². The number of Topliss-reactive ketones (excluding diaryl/α,β-unsaturated/α-hetero) is 2. The van der Waals surface area contributed by atoms with Crippen LogP contribution in [-0.4, -0.2) is 39.5 Å². The molecule has 0 radical (unpaired) electrons. The van der Waals surface area contributed by atoms with Crippen molar-refractivity contribution >= 4 is 94.0 Å². The lowest BCUT2D eigenvalue weighted by Gasteiger charge is -2.31. The fourth-order valence-corrected chi connectivity index (χ4v) is 14.4. The molecule has 2 amide bonds. The highest BCUT2D eigenvalue weighted by Gasteiger charge is 2.52. The van der Waals surface area contributed by atoms with Gasteiger partial charge in [-0.05, 0) is 187 Å². The molecular formula is C63H66N2O4Si2. The maximum atomic E-state index is 13.8. The van der Waals surface area contributed by atoms with E-state index in [1.165, 1.54) is 44.5 Å². The SMILES string of the molecule is CC(=O)CC(CCC[Si](C)(C)C)C(=O)Nc1ccc2cc3cc4c(cc3cc2c1)-c1cc2cc3cc(NC(=O)C(CCC[Si](C)(C)C)CC(C)=O)ccc3cc2cc1C41c2ccccc2-c2ccccc21. The second-order valence-corrected chi connectivity index (χ2v) is 34.5. The van der Waals surface area contributed by atoms with Gasteiger partial charge in [0.25, 0.3) is 0 Å². The summed E-state index contributed by atoms with van der Waals surface area (Å²) in [7, 11) is -2.54. The first kappa shape index (κ1) is 48.2. The lowest BCUT2D eigenvalue weighted by molar-refractivity contribution is -0.125. The van der Waals surface area contributed by atoms with Gasteiger partial charge in [0.1, 0.15) is 11.6 Å². The Morgan fingerprint density at radius 1 is 0.423 bits per heavy atom. The van der Waals surface area contributed by atoms with Crippen molar-refractivity contribution in [2.45, 2.75) is 109 Å². The standard InChI is InChI=1S/C63H66N2O4Si2/c1-39(66)27-43(15-13-25-70(3,4)5)61(68)64-51-23-21-41-29-49-37-59-55(35-47(49)31-45(41)33-51)56-36-48-32-46-34-52(65-62(69)44(28-40(2)67)16-14-26-71(6,7)8)24-22-42(46)30-50(48)38-60(56)63(59)57-19-11-9-17-53(57)54-18-10-12-20-58(54)63/h9-12,17-24,29-38,43-44H,13-16,25-28H2,1-8H3,(H,64,68)(H,65,69). The van der Waals surface area contributed by atoms with Crippen LogP contribution < -0.4 is 10.6 Å². The van der Waals surface area contributed by atoms with Crippen molar-refractivity contribution in [2.75, 3.05) is 10.6 Å². The molecule has 0 aliphatic heterocycles. The van der Waals surface area contributed by atoms with Crippen LogP contribution in [0.3, 0.4) is 0 Å². The molecule has 8 aromatic rings. The van der Waals surface area contributed by atoms with E-state index in [-0.39, 0.29) is 48.1 Å². The van der Waals surface area contributed by atoms with Gasteiger partial charge in [-0.3, -0.25) is 9.59 Å². The second-order valence-electron chi connectivity index (χ2n) is 23.2. The minimum absolute atomic E-state index is 0.0408. The zero-order valence-corrected chi connectivity index (χ0v) is 44.6. The van der Waals surface area contributed by atoms with Gasteiger partial charge < -0.3 is 20.2 Å². The maximum Gasteiger partial charge on any atom is 0.227 e. The van der Waals surface area contributed by atoms with E-state index in [0.29, 0.717) is 12.8 Å². The van der Waals surface area contributed by atoms with Gasteiger partial charge in [0.15, 0.2) is 0 Å². The summed E-state index contributed by atoms with van der Waals surface area (Å²) in [4.78, 5) is 52.1. The smallest absolute Gasteiger partial charge is 0.227 e. The Balaban J connectivity index is 1.06. The van der Waals surface area contributed by atoms with E-state index in [9.17, 15) is 19.2 Å². The summed E-state index contributed by atoms with van der Waals surface area (Å²) in [5, 5.41) is 15.2. The molecule has 1 spiro atoms. The van der Waals surface area contributed by atoms with E-state index in [2.05, 4.69) is 171 Å². The molecule has 2 aliphatic carbocycles. The van der Waals surface area contributed by atoms with Crippen LogP contribution in [0.15, 0.2) is 133 Å². The first-order valence-corrected chi connectivity index (χ1v) is 33.1. The van der Waals surface area contributed by atoms with Gasteiger partial charge in [-0.1, -0.05) is 125 Å². The average Bonchev–Trinajstić information content (AvgIpc) is 3.75. The summed E-state index contributed by atoms with van der Waals surface area (Å²) in [5.41, 5.74) is 10.9. The molecule has 2 aliphatic rings. The normalized spacial score (nSPS) is 14.3. The summed E-state index contributed by atoms with van der Waals surface area (Å²) in [5.74, 6) is -0.789. The van der Waals surface area contributed by atoms with Crippen molar-refractivity contribution in [1.29, 1.82) is 0 Å². The third-order valence-corrected chi connectivity index (χ3v) is 18.9. The number of ketones is 2. The molecule has 0 aromatic heterocycles. The van der Waals surface area contributed by atoms with Crippen LogP contribution in [0.25, 0.3) is 65.3 Å². The summed E-state index contributed by atoms with van der Waals surface area (Å²) < 4.78 is 0. The third kappa shape index (κ3) is 9.45. The number of anilines is 2. The van der Waals surface area contributed by atoms with Gasteiger partial charge in [0, 0.05) is 52.2 Å². The number of amides is 2. The zero-order chi connectivity index (χ0) is 50.0. The van der Waals surface area contributed by atoms with E-state index in [1.54, 1.807) is 13.8 Å². The van der Waals surface area contributed by atoms with E-state index in [0.717, 1.165) is 79.4 Å². The zero-order valence-electron chi connectivity index (χ0n) is 42.6. The van der Waals surface area contributed by atoms with Gasteiger partial charge >= 0.3 is 0 Å². The Kier molecular flexibility index (Phi) is 12.6. The molecule has 0 fully saturated rings. The Labute approximate surface area is 420 Å². The molecular weight excluding hydrogens is 905 g/mol. The van der Waals surface area contributed by atoms with Crippen LogP contribution in [0, 0.1) is 11.8 Å². The molecule has 8 aromatic carbocycles. The molecule has 0 bridgehead atoms. The number of carbonyl (C=O) groups excluding carboxylic acids is 4. The van der Waals surface area contributed by atoms with Crippen molar-refractivity contribution in [2.24, 2.45) is 11.8 Å². The van der Waals surface area contributed by atoms with Crippen LogP contribution in [0.5, 0.6) is 0 Å². The predicted octanol–water partition coefficient (Wildman–Crippen LogP) is 15.9. The van der Waals surface area contributed by atoms with Crippen LogP contribution >= 0.6 is 0 Å². The predicted molar refractivity (Wildman–Crippen MR) is 302 cm³/mol. The average molecular weight is 971 g/mol. The fraction of sp³-hybridized carbons (Fsp3) is 0.302. The Bertz CT molecular complexity index is 3260. The quantitative estimate of drug-likeness (QED) is 0.0745. The highest BCUT2D eigenvalue weighted by molar-refractivity contribution is 6.76. The summed E-state index contributed by atoms with van der Waals surface area (Å²) in [6, 6.07) is 51.0. The van der Waals surface area contributed by atoms with E-state index >= 15 is 0 Å². The second kappa shape index (κ2) is 18.6. The Morgan fingerprint density at radius 2 is 0.789 bits per heavy atom. The van der Waals surface area contributed by atoms with Crippen LogP contribution in [0.2, 0.25) is 51.4 Å². The number of benzene rings is 8. The summed E-state index contributed by atoms with van der Waals surface area (Å²) in [6.07, 6.45) is 3.84. The highest BCUT2D eigenvalue weighted by Crippen LogP contribution is 2.63. The van der Waals surface area contributed by atoms with Crippen molar-refractivity contribution in [3.63, 3.8) is 0 Å². The fourth-order valence-electron chi connectivity index (χ4n) is 11.9. The first-order chi connectivity index (χ1) is 33.8. The number of nitrogens with one attached hydrogen (secondary N) is 2. The van der Waals surface area contributed by atoms with Crippen molar-refractivity contribution in [3.8, 4) is 22.3 Å². The lowest BCUT2D eigenvalue weighted by Crippen LogP contribution is -2.26. The molecule has 8 heteroatoms. The van der Waals surface area contributed by atoms with Crippen molar-refractivity contribution in [1.82, 2.24) is 0 Å². The number of hydrogen-bond donors (Lipinski definition) is 2. The number of fused-ring (bicyclic) bond motifs is 14. The molecule has 71 heavy (non-hydrogen) atoms. The third-order valence-electron chi connectivity index (χ3n) is 15.2. The number of rotatable bonds is 16. The van der Waals surface area contributed by atoms with Crippen molar-refractivity contribution < 1.29 is 19.2 Å². The van der Waals surface area contributed by atoms with E-state index < -0.39 is 21.6 Å². The molecule has 6 nitrogen and oxygen atoms in total.